The molecule has 1 heterocycles. The Morgan fingerprint density at radius 1 is 1.44 bits per heavy atom. The molecule has 1 atom stereocenters. The van der Waals surface area contributed by atoms with Crippen LogP contribution in [0.3, 0.4) is 0 Å². The molecule has 3 nitrogen and oxygen atoms in total. The second kappa shape index (κ2) is 4.51. The molecule has 1 aromatic rings. The summed E-state index contributed by atoms with van der Waals surface area (Å²) < 4.78 is 36.8. The van der Waals surface area contributed by atoms with Gasteiger partial charge < -0.3 is 5.32 Å². The molecular weight excluding hydrogens is 229 g/mol. The first-order valence-corrected chi connectivity index (χ1v) is 6.96. The van der Waals surface area contributed by atoms with Crippen LogP contribution >= 0.6 is 0 Å². The van der Waals surface area contributed by atoms with Gasteiger partial charge in [-0.1, -0.05) is 12.1 Å². The Morgan fingerprint density at radius 2 is 2.25 bits per heavy atom. The molecule has 0 radical (unpaired) electrons. The van der Waals surface area contributed by atoms with Crippen molar-refractivity contribution in [2.24, 2.45) is 0 Å². The van der Waals surface area contributed by atoms with Crippen molar-refractivity contribution >= 4 is 9.84 Å². The van der Waals surface area contributed by atoms with Crippen LogP contribution in [-0.2, 0) is 15.6 Å². The molecule has 1 saturated heterocycles. The summed E-state index contributed by atoms with van der Waals surface area (Å²) in [5.41, 5.74) is 0.520. The lowest BCUT2D eigenvalue weighted by Gasteiger charge is -2.10. The summed E-state index contributed by atoms with van der Waals surface area (Å²) in [4.78, 5) is 0. The van der Waals surface area contributed by atoms with Crippen molar-refractivity contribution in [2.45, 2.75) is 17.4 Å². The molecule has 1 fully saturated rings. The van der Waals surface area contributed by atoms with E-state index in [1.54, 1.807) is 6.07 Å². The highest BCUT2D eigenvalue weighted by Crippen LogP contribution is 2.16. The molecule has 2 rings (SSSR count). The number of rotatable bonds is 3. The van der Waals surface area contributed by atoms with E-state index in [9.17, 15) is 12.8 Å². The molecule has 5 heteroatoms. The molecule has 1 aromatic carbocycles. The molecule has 1 aliphatic rings. The Hall–Kier alpha value is -0.940. The Morgan fingerprint density at radius 3 is 2.88 bits per heavy atom. The highest BCUT2D eigenvalue weighted by molar-refractivity contribution is 7.91. The second-order valence-electron chi connectivity index (χ2n) is 4.05. The Labute approximate surface area is 94.6 Å². The number of sulfone groups is 1. The first-order valence-electron chi connectivity index (χ1n) is 5.25. The molecule has 0 saturated carbocycles. The summed E-state index contributed by atoms with van der Waals surface area (Å²) in [6.45, 7) is 1.25. The maximum Gasteiger partial charge on any atom is 0.158 e. The standard InChI is InChI=1S/C11H14FNO2S/c12-10-3-1-2-9(6-10)8-16(14,15)11-4-5-13-7-11/h1-3,6,11,13H,4-5,7-8H2. The average Bonchev–Trinajstić information content (AvgIpc) is 2.69. The van der Waals surface area contributed by atoms with Gasteiger partial charge >= 0.3 is 0 Å². The third-order valence-electron chi connectivity index (χ3n) is 2.78. The maximum absolute atomic E-state index is 12.9. The minimum atomic E-state index is -3.16. The van der Waals surface area contributed by atoms with Crippen LogP contribution in [0.25, 0.3) is 0 Å². The zero-order chi connectivity index (χ0) is 11.6. The van der Waals surface area contributed by atoms with Crippen LogP contribution in [-0.4, -0.2) is 26.8 Å². The van der Waals surface area contributed by atoms with Gasteiger partial charge in [-0.3, -0.25) is 0 Å². The molecule has 1 N–H and O–H groups in total. The van der Waals surface area contributed by atoms with Crippen LogP contribution in [0.5, 0.6) is 0 Å². The minimum absolute atomic E-state index is 0.0723. The number of halogens is 1. The van der Waals surface area contributed by atoms with E-state index in [2.05, 4.69) is 5.32 Å². The van der Waals surface area contributed by atoms with E-state index in [1.165, 1.54) is 18.2 Å². The first-order chi connectivity index (χ1) is 7.58. The third kappa shape index (κ3) is 2.59. The lowest BCUT2D eigenvalue weighted by molar-refractivity contribution is 0.581. The summed E-state index contributed by atoms with van der Waals surface area (Å²) in [6.07, 6.45) is 0.650. The summed E-state index contributed by atoms with van der Waals surface area (Å²) in [6, 6.07) is 5.77. The van der Waals surface area contributed by atoms with Gasteiger partial charge in [-0.25, -0.2) is 12.8 Å². The largest absolute Gasteiger partial charge is 0.315 e. The predicted octanol–water partition coefficient (Wildman–Crippen LogP) is 1.10. The van der Waals surface area contributed by atoms with Gasteiger partial charge in [-0.05, 0) is 30.7 Å². The van der Waals surface area contributed by atoms with Gasteiger partial charge in [0.05, 0.1) is 11.0 Å². The van der Waals surface area contributed by atoms with E-state index in [0.29, 0.717) is 18.5 Å². The fourth-order valence-corrected chi connectivity index (χ4v) is 3.64. The summed E-state index contributed by atoms with van der Waals surface area (Å²) >= 11 is 0. The Bertz CT molecular complexity index is 467. The molecule has 0 spiro atoms. The van der Waals surface area contributed by atoms with E-state index in [4.69, 9.17) is 0 Å². The average molecular weight is 243 g/mol. The van der Waals surface area contributed by atoms with Gasteiger partial charge in [-0.2, -0.15) is 0 Å². The molecule has 0 aliphatic carbocycles. The van der Waals surface area contributed by atoms with E-state index >= 15 is 0 Å². The van der Waals surface area contributed by atoms with E-state index < -0.39 is 15.7 Å². The molecule has 16 heavy (non-hydrogen) atoms. The minimum Gasteiger partial charge on any atom is -0.315 e. The monoisotopic (exact) mass is 243 g/mol. The summed E-state index contributed by atoms with van der Waals surface area (Å²) in [5, 5.41) is 2.70. The van der Waals surface area contributed by atoms with Gasteiger partial charge in [0.15, 0.2) is 9.84 Å². The Kier molecular flexibility index (Phi) is 3.25. The van der Waals surface area contributed by atoms with Crippen molar-refractivity contribution in [3.05, 3.63) is 35.6 Å². The van der Waals surface area contributed by atoms with Gasteiger partial charge in [0.25, 0.3) is 0 Å². The van der Waals surface area contributed by atoms with Gasteiger partial charge in [0.2, 0.25) is 0 Å². The van der Waals surface area contributed by atoms with E-state index in [1.807, 2.05) is 0 Å². The number of hydrogen-bond acceptors (Lipinski definition) is 3. The molecule has 0 amide bonds. The lowest BCUT2D eigenvalue weighted by Crippen LogP contribution is -2.25. The first kappa shape index (κ1) is 11.5. The number of hydrogen-bond donors (Lipinski definition) is 1. The SMILES string of the molecule is O=S(=O)(Cc1cccc(F)c1)C1CCNC1. The van der Waals surface area contributed by atoms with Crippen LogP contribution < -0.4 is 5.32 Å². The zero-order valence-corrected chi connectivity index (χ0v) is 9.63. The lowest BCUT2D eigenvalue weighted by atomic mass is 10.2. The fourth-order valence-electron chi connectivity index (χ4n) is 1.91. The molecule has 1 unspecified atom stereocenters. The Balaban J connectivity index is 2.14. The van der Waals surface area contributed by atoms with Crippen LogP contribution in [0.2, 0.25) is 0 Å². The normalized spacial score (nSPS) is 21.2. The molecule has 0 aromatic heterocycles. The van der Waals surface area contributed by atoms with Crippen molar-refractivity contribution in [3.63, 3.8) is 0 Å². The zero-order valence-electron chi connectivity index (χ0n) is 8.82. The van der Waals surface area contributed by atoms with Crippen LogP contribution in [0.1, 0.15) is 12.0 Å². The summed E-state index contributed by atoms with van der Waals surface area (Å²) in [5.74, 6) is -0.464. The van der Waals surface area contributed by atoms with Crippen LogP contribution in [0, 0.1) is 5.82 Å². The van der Waals surface area contributed by atoms with Crippen LogP contribution in [0.4, 0.5) is 4.39 Å². The topological polar surface area (TPSA) is 46.2 Å². The van der Waals surface area contributed by atoms with Gasteiger partial charge in [-0.15, -0.1) is 0 Å². The van der Waals surface area contributed by atoms with Crippen molar-refractivity contribution in [1.29, 1.82) is 0 Å². The van der Waals surface area contributed by atoms with Crippen LogP contribution in [0.15, 0.2) is 24.3 Å². The van der Waals surface area contributed by atoms with Gasteiger partial charge in [0.1, 0.15) is 5.82 Å². The van der Waals surface area contributed by atoms with Crippen molar-refractivity contribution < 1.29 is 12.8 Å². The van der Waals surface area contributed by atoms with E-state index in [-0.39, 0.29) is 11.0 Å². The number of nitrogens with one attached hydrogen (secondary N) is 1. The quantitative estimate of drug-likeness (QED) is 0.864. The second-order valence-corrected chi connectivity index (χ2v) is 6.33. The molecular formula is C11H14FNO2S. The highest BCUT2D eigenvalue weighted by Gasteiger charge is 2.28. The fraction of sp³-hybridized carbons (Fsp3) is 0.455. The molecule has 0 bridgehead atoms. The van der Waals surface area contributed by atoms with Crippen molar-refractivity contribution in [2.75, 3.05) is 13.1 Å². The maximum atomic E-state index is 12.9. The van der Waals surface area contributed by atoms with Crippen molar-refractivity contribution in [3.8, 4) is 0 Å². The third-order valence-corrected chi connectivity index (χ3v) is 4.93. The smallest absolute Gasteiger partial charge is 0.158 e. The van der Waals surface area contributed by atoms with Gasteiger partial charge in [0, 0.05) is 6.54 Å². The number of benzene rings is 1. The summed E-state index contributed by atoms with van der Waals surface area (Å²) in [7, 11) is -3.16. The molecule has 88 valence electrons. The highest BCUT2D eigenvalue weighted by atomic mass is 32.2. The predicted molar refractivity (Wildman–Crippen MR) is 60.3 cm³/mol. The van der Waals surface area contributed by atoms with Crippen molar-refractivity contribution in [1.82, 2.24) is 5.32 Å². The molecule has 1 aliphatic heterocycles. The van der Waals surface area contributed by atoms with E-state index in [0.717, 1.165) is 6.54 Å².